The summed E-state index contributed by atoms with van der Waals surface area (Å²) in [5, 5.41) is 0. The maximum absolute atomic E-state index is 10.5. The summed E-state index contributed by atoms with van der Waals surface area (Å²) in [6, 6.07) is 0. The van der Waals surface area contributed by atoms with E-state index in [4.69, 9.17) is 11.6 Å². The number of ether oxygens (including phenoxy) is 1. The molecule has 0 aliphatic carbocycles. The average Bonchev–Trinajstić information content (AvgIpc) is 1.63. The van der Waals surface area contributed by atoms with Gasteiger partial charge in [-0.2, -0.15) is 0 Å². The number of carbonyl (C=O) groups is 1. The molecule has 0 bridgehead atoms. The van der Waals surface area contributed by atoms with E-state index in [-0.39, 0.29) is 0 Å². The first-order chi connectivity index (χ1) is 4.04. The Bertz CT molecular complexity index is 129. The Morgan fingerprint density at radius 1 is 1.78 bits per heavy atom. The number of carbonyl (C=O) groups excluding carboxylic acids is 1. The van der Waals surface area contributed by atoms with Crippen LogP contribution in [0.5, 0.6) is 0 Å². The van der Waals surface area contributed by atoms with Crippen LogP contribution in [0.3, 0.4) is 0 Å². The Morgan fingerprint density at radius 3 is 2.33 bits per heavy atom. The Morgan fingerprint density at radius 2 is 2.22 bits per heavy atom. The van der Waals surface area contributed by atoms with Gasteiger partial charge in [0.05, 0.1) is 0 Å². The highest BCUT2D eigenvalue weighted by Crippen LogP contribution is 2.00. The first kappa shape index (κ1) is 8.50. The number of hydrogen-bond acceptors (Lipinski definition) is 2. The third-order valence-electron chi connectivity index (χ3n) is 0.618. The molecule has 3 heteroatoms. The molecule has 0 heterocycles. The highest BCUT2D eigenvalue weighted by atomic mass is 35.5. The van der Waals surface area contributed by atoms with Crippen LogP contribution < -0.4 is 0 Å². The molecule has 52 valence electrons. The number of hydrogen-bond donors (Lipinski definition) is 0. The van der Waals surface area contributed by atoms with Crippen molar-refractivity contribution < 1.29 is 9.53 Å². The Labute approximate surface area is 59.5 Å². The second-order valence-corrected chi connectivity index (χ2v) is 2.34. The minimum absolute atomic E-state index is 0.363. The molecule has 0 saturated heterocycles. The molecule has 9 heavy (non-hydrogen) atoms. The molecule has 1 atom stereocenters. The molecule has 0 aromatic carbocycles. The van der Waals surface area contributed by atoms with Crippen LogP contribution in [-0.4, -0.2) is 11.5 Å². The van der Waals surface area contributed by atoms with Gasteiger partial charge in [-0.15, -0.1) is 0 Å². The number of alkyl halides is 1. The quantitative estimate of drug-likeness (QED) is 0.339. The van der Waals surface area contributed by atoms with Crippen LogP contribution in [0.25, 0.3) is 0 Å². The molecule has 0 aliphatic rings. The topological polar surface area (TPSA) is 26.3 Å². The van der Waals surface area contributed by atoms with Gasteiger partial charge in [0.1, 0.15) is 0 Å². The zero-order valence-corrected chi connectivity index (χ0v) is 6.23. The zero-order valence-electron chi connectivity index (χ0n) is 5.48. The van der Waals surface area contributed by atoms with Gasteiger partial charge < -0.3 is 4.74 Å². The SMILES string of the molecule is C=C(C)C(=O)OC(C)Cl. The molecule has 0 aromatic heterocycles. The lowest BCUT2D eigenvalue weighted by Gasteiger charge is -2.03. The van der Waals surface area contributed by atoms with Gasteiger partial charge in [-0.1, -0.05) is 18.2 Å². The van der Waals surface area contributed by atoms with Crippen LogP contribution in [0.1, 0.15) is 13.8 Å². The molecule has 0 fully saturated rings. The molecule has 0 amide bonds. The van der Waals surface area contributed by atoms with Gasteiger partial charge >= 0.3 is 5.97 Å². The zero-order chi connectivity index (χ0) is 7.44. The predicted molar refractivity (Wildman–Crippen MR) is 36.2 cm³/mol. The fourth-order valence-corrected chi connectivity index (χ4v) is 0.329. The Kier molecular flexibility index (Phi) is 3.32. The summed E-state index contributed by atoms with van der Waals surface area (Å²) >= 11 is 5.33. The van der Waals surface area contributed by atoms with Crippen molar-refractivity contribution in [1.82, 2.24) is 0 Å². The van der Waals surface area contributed by atoms with E-state index in [0.717, 1.165) is 0 Å². The fraction of sp³-hybridized carbons (Fsp3) is 0.500. The highest BCUT2D eigenvalue weighted by molar-refractivity contribution is 6.20. The highest BCUT2D eigenvalue weighted by Gasteiger charge is 2.05. The van der Waals surface area contributed by atoms with Crippen LogP contribution in [0.2, 0.25) is 0 Å². The van der Waals surface area contributed by atoms with E-state index in [9.17, 15) is 4.79 Å². The van der Waals surface area contributed by atoms with Gasteiger partial charge in [0.15, 0.2) is 5.56 Å². The molecular weight excluding hydrogens is 140 g/mol. The number of rotatable bonds is 2. The van der Waals surface area contributed by atoms with Gasteiger partial charge in [-0.3, -0.25) is 0 Å². The van der Waals surface area contributed by atoms with Crippen molar-refractivity contribution in [3.8, 4) is 0 Å². The van der Waals surface area contributed by atoms with Crippen molar-refractivity contribution in [2.24, 2.45) is 0 Å². The van der Waals surface area contributed by atoms with Gasteiger partial charge in [-0.05, 0) is 13.8 Å². The summed E-state index contributed by atoms with van der Waals surface area (Å²) in [7, 11) is 0. The van der Waals surface area contributed by atoms with Crippen molar-refractivity contribution in [3.05, 3.63) is 12.2 Å². The second-order valence-electron chi connectivity index (χ2n) is 1.73. The standard InChI is InChI=1S/C6H9ClO2/c1-4(2)6(8)9-5(3)7/h5H,1H2,2-3H3. The van der Waals surface area contributed by atoms with Crippen LogP contribution in [-0.2, 0) is 9.53 Å². The van der Waals surface area contributed by atoms with Gasteiger partial charge in [0.2, 0.25) is 0 Å². The normalized spacial score (nSPS) is 12.3. The monoisotopic (exact) mass is 148 g/mol. The number of halogens is 1. The molecular formula is C6H9ClO2. The third kappa shape index (κ3) is 4.03. The van der Waals surface area contributed by atoms with Gasteiger partial charge in [-0.25, -0.2) is 4.79 Å². The molecule has 0 spiro atoms. The maximum atomic E-state index is 10.5. The first-order valence-corrected chi connectivity index (χ1v) is 2.98. The predicted octanol–water partition coefficient (Wildman–Crippen LogP) is 1.69. The maximum Gasteiger partial charge on any atom is 0.334 e. The first-order valence-electron chi connectivity index (χ1n) is 2.54. The molecule has 0 radical (unpaired) electrons. The van der Waals surface area contributed by atoms with E-state index >= 15 is 0 Å². The van der Waals surface area contributed by atoms with E-state index < -0.39 is 11.5 Å². The fourth-order valence-electron chi connectivity index (χ4n) is 0.248. The van der Waals surface area contributed by atoms with Crippen molar-refractivity contribution >= 4 is 17.6 Å². The van der Waals surface area contributed by atoms with E-state index in [2.05, 4.69) is 11.3 Å². The van der Waals surface area contributed by atoms with Gasteiger partial charge in [0, 0.05) is 5.57 Å². The lowest BCUT2D eigenvalue weighted by molar-refractivity contribution is -0.140. The molecule has 0 N–H and O–H groups in total. The van der Waals surface area contributed by atoms with Crippen molar-refractivity contribution in [3.63, 3.8) is 0 Å². The largest absolute Gasteiger partial charge is 0.443 e. The third-order valence-corrected chi connectivity index (χ3v) is 0.707. The minimum atomic E-state index is -0.575. The van der Waals surface area contributed by atoms with E-state index in [1.54, 1.807) is 13.8 Å². The second kappa shape index (κ2) is 3.51. The lowest BCUT2D eigenvalue weighted by atomic mass is 10.4. The summed E-state index contributed by atoms with van der Waals surface area (Å²) in [5.74, 6) is -0.447. The van der Waals surface area contributed by atoms with Crippen molar-refractivity contribution in [1.29, 1.82) is 0 Å². The van der Waals surface area contributed by atoms with Gasteiger partial charge in [0.25, 0.3) is 0 Å². The summed E-state index contributed by atoms with van der Waals surface area (Å²) < 4.78 is 4.54. The van der Waals surface area contributed by atoms with Crippen molar-refractivity contribution in [2.45, 2.75) is 19.4 Å². The van der Waals surface area contributed by atoms with Crippen LogP contribution in [0.4, 0.5) is 0 Å². The Balaban J connectivity index is 3.65. The molecule has 0 rings (SSSR count). The lowest BCUT2D eigenvalue weighted by Crippen LogP contribution is -2.09. The van der Waals surface area contributed by atoms with Crippen LogP contribution >= 0.6 is 11.6 Å². The van der Waals surface area contributed by atoms with Crippen LogP contribution in [0, 0.1) is 0 Å². The van der Waals surface area contributed by atoms with Crippen molar-refractivity contribution in [2.75, 3.05) is 0 Å². The van der Waals surface area contributed by atoms with Crippen LogP contribution in [0.15, 0.2) is 12.2 Å². The summed E-state index contributed by atoms with van der Waals surface area (Å²) in [4.78, 5) is 10.5. The van der Waals surface area contributed by atoms with E-state index in [1.165, 1.54) is 0 Å². The van der Waals surface area contributed by atoms with E-state index in [0.29, 0.717) is 5.57 Å². The smallest absolute Gasteiger partial charge is 0.334 e. The summed E-state index contributed by atoms with van der Waals surface area (Å²) in [5.41, 5.74) is -0.211. The Hall–Kier alpha value is -0.500. The molecule has 2 nitrogen and oxygen atoms in total. The molecule has 0 saturated carbocycles. The minimum Gasteiger partial charge on any atom is -0.443 e. The molecule has 0 aromatic rings. The summed E-state index contributed by atoms with van der Waals surface area (Å²) in [6.07, 6.45) is 0. The van der Waals surface area contributed by atoms with E-state index in [1.807, 2.05) is 0 Å². The molecule has 1 unspecified atom stereocenters. The average molecular weight is 149 g/mol. The summed E-state index contributed by atoms with van der Waals surface area (Å²) in [6.45, 7) is 6.52. The molecule has 0 aliphatic heterocycles. The number of esters is 1.